The summed E-state index contributed by atoms with van der Waals surface area (Å²) < 4.78 is 6.85. The number of ether oxygens (including phenoxy) is 1. The Kier molecular flexibility index (Phi) is 6.40. The van der Waals surface area contributed by atoms with E-state index in [1.807, 2.05) is 23.8 Å². The van der Waals surface area contributed by atoms with Crippen molar-refractivity contribution in [2.45, 2.75) is 69.5 Å². The third kappa shape index (κ3) is 4.22. The molecule has 28 heavy (non-hydrogen) atoms. The SMILES string of the molecule is COC(=O)c1cccn1C1CCN(C(C)C(=O)NC2(C#N)CCCCC2)CC1. The first-order chi connectivity index (χ1) is 13.5. The molecule has 1 saturated heterocycles. The summed E-state index contributed by atoms with van der Waals surface area (Å²) in [6.45, 7) is 3.47. The molecule has 1 aromatic heterocycles. The van der Waals surface area contributed by atoms with E-state index in [1.54, 1.807) is 6.07 Å². The van der Waals surface area contributed by atoms with Crippen LogP contribution in [-0.4, -0.2) is 53.1 Å². The Morgan fingerprint density at radius 2 is 1.96 bits per heavy atom. The lowest BCUT2D eigenvalue weighted by Gasteiger charge is -2.38. The number of methoxy groups -OCH3 is 1. The number of carbonyl (C=O) groups is 2. The second-order valence-corrected chi connectivity index (χ2v) is 7.98. The van der Waals surface area contributed by atoms with Crippen LogP contribution in [-0.2, 0) is 9.53 Å². The van der Waals surface area contributed by atoms with Crippen LogP contribution in [0.3, 0.4) is 0 Å². The lowest BCUT2D eigenvalue weighted by molar-refractivity contribution is -0.128. The molecular formula is C21H30N4O3. The van der Waals surface area contributed by atoms with Gasteiger partial charge in [0.15, 0.2) is 0 Å². The summed E-state index contributed by atoms with van der Waals surface area (Å²) in [4.78, 5) is 26.9. The molecule has 1 saturated carbocycles. The maximum absolute atomic E-state index is 12.8. The highest BCUT2D eigenvalue weighted by Gasteiger charge is 2.36. The Morgan fingerprint density at radius 1 is 1.29 bits per heavy atom. The Balaban J connectivity index is 1.57. The monoisotopic (exact) mass is 386 g/mol. The highest BCUT2D eigenvalue weighted by atomic mass is 16.5. The number of hydrogen-bond acceptors (Lipinski definition) is 5. The highest BCUT2D eigenvalue weighted by molar-refractivity contribution is 5.87. The second-order valence-electron chi connectivity index (χ2n) is 7.98. The van der Waals surface area contributed by atoms with E-state index in [4.69, 9.17) is 4.74 Å². The lowest BCUT2D eigenvalue weighted by atomic mass is 9.82. The van der Waals surface area contributed by atoms with Crippen molar-refractivity contribution in [3.05, 3.63) is 24.0 Å². The van der Waals surface area contributed by atoms with Gasteiger partial charge < -0.3 is 14.6 Å². The van der Waals surface area contributed by atoms with Crippen LogP contribution in [0.1, 0.15) is 68.4 Å². The summed E-state index contributed by atoms with van der Waals surface area (Å²) in [5, 5.41) is 12.6. The van der Waals surface area contributed by atoms with Crippen molar-refractivity contribution in [2.75, 3.05) is 20.2 Å². The topological polar surface area (TPSA) is 87.4 Å². The molecule has 1 unspecified atom stereocenters. The normalized spacial score (nSPS) is 21.5. The third-order valence-electron chi connectivity index (χ3n) is 6.28. The number of piperidine rings is 1. The number of nitrogens with one attached hydrogen (secondary N) is 1. The van der Waals surface area contributed by atoms with Crippen LogP contribution in [0, 0.1) is 11.3 Å². The van der Waals surface area contributed by atoms with Crippen molar-refractivity contribution >= 4 is 11.9 Å². The van der Waals surface area contributed by atoms with Gasteiger partial charge in [-0.05, 0) is 44.7 Å². The molecule has 1 aliphatic carbocycles. The van der Waals surface area contributed by atoms with Crippen molar-refractivity contribution in [3.8, 4) is 6.07 Å². The smallest absolute Gasteiger partial charge is 0.354 e. The lowest BCUT2D eigenvalue weighted by Crippen LogP contribution is -2.56. The summed E-state index contributed by atoms with van der Waals surface area (Å²) in [6, 6.07) is 5.95. The van der Waals surface area contributed by atoms with Crippen LogP contribution in [0.2, 0.25) is 0 Å². The van der Waals surface area contributed by atoms with Gasteiger partial charge in [0.1, 0.15) is 11.2 Å². The Bertz CT molecular complexity index is 737. The number of likely N-dealkylation sites (tertiary alicyclic amines) is 1. The molecule has 0 radical (unpaired) electrons. The van der Waals surface area contributed by atoms with E-state index in [2.05, 4.69) is 16.3 Å². The third-order valence-corrected chi connectivity index (χ3v) is 6.28. The van der Waals surface area contributed by atoms with Gasteiger partial charge in [-0.1, -0.05) is 19.3 Å². The van der Waals surface area contributed by atoms with E-state index in [0.717, 1.165) is 58.0 Å². The number of nitriles is 1. The zero-order chi connectivity index (χ0) is 20.1. The van der Waals surface area contributed by atoms with Crippen LogP contribution >= 0.6 is 0 Å². The Morgan fingerprint density at radius 3 is 2.57 bits per heavy atom. The number of esters is 1. The molecule has 1 atom stereocenters. The van der Waals surface area contributed by atoms with Gasteiger partial charge in [-0.25, -0.2) is 4.79 Å². The first-order valence-electron chi connectivity index (χ1n) is 10.2. The molecule has 0 spiro atoms. The molecular weight excluding hydrogens is 356 g/mol. The molecule has 0 bridgehead atoms. The molecule has 3 rings (SSSR count). The van der Waals surface area contributed by atoms with Crippen molar-refractivity contribution in [1.82, 2.24) is 14.8 Å². The van der Waals surface area contributed by atoms with Gasteiger partial charge in [0.25, 0.3) is 0 Å². The van der Waals surface area contributed by atoms with Crippen LogP contribution in [0.4, 0.5) is 0 Å². The number of aromatic nitrogens is 1. The fourth-order valence-electron chi connectivity index (χ4n) is 4.47. The predicted octanol–water partition coefficient (Wildman–Crippen LogP) is 2.64. The van der Waals surface area contributed by atoms with Crippen molar-refractivity contribution in [3.63, 3.8) is 0 Å². The van der Waals surface area contributed by atoms with Crippen molar-refractivity contribution in [2.24, 2.45) is 0 Å². The van der Waals surface area contributed by atoms with Gasteiger partial charge >= 0.3 is 5.97 Å². The van der Waals surface area contributed by atoms with Gasteiger partial charge in [-0.3, -0.25) is 9.69 Å². The summed E-state index contributed by atoms with van der Waals surface area (Å²) in [7, 11) is 1.39. The number of nitrogens with zero attached hydrogens (tertiary/aromatic N) is 3. The molecule has 1 aromatic rings. The average molecular weight is 386 g/mol. The molecule has 2 fully saturated rings. The predicted molar refractivity (Wildman–Crippen MR) is 105 cm³/mol. The van der Waals surface area contributed by atoms with Gasteiger partial charge in [0.05, 0.1) is 19.2 Å². The van der Waals surface area contributed by atoms with E-state index in [-0.39, 0.29) is 24.0 Å². The average Bonchev–Trinajstić information content (AvgIpc) is 3.23. The minimum absolute atomic E-state index is 0.0573. The zero-order valence-electron chi connectivity index (χ0n) is 16.8. The molecule has 1 amide bonds. The molecule has 2 heterocycles. The van der Waals surface area contributed by atoms with Crippen molar-refractivity contribution in [1.29, 1.82) is 5.26 Å². The fraction of sp³-hybridized carbons (Fsp3) is 0.667. The summed E-state index contributed by atoms with van der Waals surface area (Å²) in [5.74, 6) is -0.382. The minimum atomic E-state index is -0.692. The summed E-state index contributed by atoms with van der Waals surface area (Å²) in [5.41, 5.74) is -0.123. The van der Waals surface area contributed by atoms with Crippen LogP contribution < -0.4 is 5.32 Å². The number of hydrogen-bond donors (Lipinski definition) is 1. The highest BCUT2D eigenvalue weighted by Crippen LogP contribution is 2.29. The maximum atomic E-state index is 12.8. The minimum Gasteiger partial charge on any atom is -0.464 e. The zero-order valence-corrected chi connectivity index (χ0v) is 16.8. The molecule has 152 valence electrons. The van der Waals surface area contributed by atoms with Gasteiger partial charge in [0, 0.05) is 25.3 Å². The van der Waals surface area contributed by atoms with E-state index in [0.29, 0.717) is 5.69 Å². The van der Waals surface area contributed by atoms with Gasteiger partial charge in [0.2, 0.25) is 5.91 Å². The number of rotatable bonds is 5. The fourth-order valence-corrected chi connectivity index (χ4v) is 4.47. The van der Waals surface area contributed by atoms with Crippen LogP contribution in [0.5, 0.6) is 0 Å². The standard InChI is InChI=1S/C21H30N4O3/c1-16(19(26)23-21(15-22)10-4-3-5-11-21)24-13-8-17(9-14-24)25-12-6-7-18(25)20(27)28-2/h6-7,12,16-17H,3-5,8-11,13-14H2,1-2H3,(H,23,26). The van der Waals surface area contributed by atoms with E-state index in [1.165, 1.54) is 7.11 Å². The van der Waals surface area contributed by atoms with Crippen LogP contribution in [0.15, 0.2) is 18.3 Å². The first kappa shape index (κ1) is 20.4. The molecule has 7 nitrogen and oxygen atoms in total. The largest absolute Gasteiger partial charge is 0.464 e. The van der Waals surface area contributed by atoms with Crippen molar-refractivity contribution < 1.29 is 14.3 Å². The van der Waals surface area contributed by atoms with E-state index < -0.39 is 5.54 Å². The quantitative estimate of drug-likeness (QED) is 0.786. The van der Waals surface area contributed by atoms with Crippen LogP contribution in [0.25, 0.3) is 0 Å². The Hall–Kier alpha value is -2.33. The summed E-state index contributed by atoms with van der Waals surface area (Å²) in [6.07, 6.45) is 8.25. The van der Waals surface area contributed by atoms with Gasteiger partial charge in [-0.15, -0.1) is 0 Å². The molecule has 1 N–H and O–H groups in total. The number of carbonyl (C=O) groups excluding carboxylic acids is 2. The number of amides is 1. The summed E-state index contributed by atoms with van der Waals surface area (Å²) >= 11 is 0. The second kappa shape index (κ2) is 8.78. The maximum Gasteiger partial charge on any atom is 0.354 e. The molecule has 2 aliphatic rings. The first-order valence-corrected chi connectivity index (χ1v) is 10.2. The molecule has 1 aliphatic heterocycles. The van der Waals surface area contributed by atoms with Gasteiger partial charge in [-0.2, -0.15) is 5.26 Å². The molecule has 0 aromatic carbocycles. The van der Waals surface area contributed by atoms with E-state index >= 15 is 0 Å². The molecule has 7 heteroatoms. The van der Waals surface area contributed by atoms with E-state index in [9.17, 15) is 14.9 Å². The Labute approximate surface area is 166 Å².